The summed E-state index contributed by atoms with van der Waals surface area (Å²) in [5.74, 6) is 0.871. The predicted octanol–water partition coefficient (Wildman–Crippen LogP) is 1.05. The van der Waals surface area contributed by atoms with Gasteiger partial charge >= 0.3 is 0 Å². The molecule has 0 radical (unpaired) electrons. The number of β-amino-alcohol motifs (C(OH)–C–C–N with tert-alkyl or cyclic N) is 1. The van der Waals surface area contributed by atoms with E-state index in [1.165, 1.54) is 0 Å². The minimum absolute atomic E-state index is 0.583. The molecule has 4 nitrogen and oxygen atoms in total. The number of anilines is 1. The third kappa shape index (κ3) is 2.09. The molecule has 15 heavy (non-hydrogen) atoms. The van der Waals surface area contributed by atoms with Gasteiger partial charge in [-0.25, -0.2) is 4.98 Å². The van der Waals surface area contributed by atoms with E-state index in [0.29, 0.717) is 6.54 Å². The summed E-state index contributed by atoms with van der Waals surface area (Å²) in [6.45, 7) is 7.27. The highest BCUT2D eigenvalue weighted by atomic mass is 16.3. The van der Waals surface area contributed by atoms with Crippen LogP contribution in [0.3, 0.4) is 0 Å². The Labute approximate surface area is 90.0 Å². The van der Waals surface area contributed by atoms with Gasteiger partial charge in [-0.15, -0.1) is 0 Å². The van der Waals surface area contributed by atoms with Crippen molar-refractivity contribution in [2.75, 3.05) is 18.0 Å². The first-order chi connectivity index (χ1) is 6.98. The molecule has 0 saturated carbocycles. The molecular formula is C11H17N3O. The zero-order valence-corrected chi connectivity index (χ0v) is 9.49. The molecule has 1 saturated heterocycles. The number of aliphatic hydroxyl groups is 1. The fourth-order valence-corrected chi connectivity index (χ4v) is 1.82. The van der Waals surface area contributed by atoms with Crippen molar-refractivity contribution in [2.24, 2.45) is 0 Å². The van der Waals surface area contributed by atoms with Gasteiger partial charge in [0.25, 0.3) is 0 Å². The van der Waals surface area contributed by atoms with E-state index in [2.05, 4.69) is 14.9 Å². The maximum Gasteiger partial charge on any atom is 0.147 e. The standard InChI is InChI=1S/C11H17N3O/c1-8-9(2)13-10(6-12-8)14-5-4-11(3,15)7-14/h6,15H,4-5,7H2,1-3H3. The van der Waals surface area contributed by atoms with Crippen molar-refractivity contribution < 1.29 is 5.11 Å². The molecule has 0 aliphatic carbocycles. The molecule has 0 spiro atoms. The van der Waals surface area contributed by atoms with Crippen molar-refractivity contribution in [1.29, 1.82) is 0 Å². The van der Waals surface area contributed by atoms with Gasteiger partial charge in [0.15, 0.2) is 0 Å². The van der Waals surface area contributed by atoms with Crippen LogP contribution in [0.5, 0.6) is 0 Å². The van der Waals surface area contributed by atoms with Gasteiger partial charge in [0.2, 0.25) is 0 Å². The van der Waals surface area contributed by atoms with Crippen LogP contribution in [-0.2, 0) is 0 Å². The van der Waals surface area contributed by atoms with E-state index in [1.54, 1.807) is 6.20 Å². The summed E-state index contributed by atoms with van der Waals surface area (Å²) < 4.78 is 0. The van der Waals surface area contributed by atoms with Crippen LogP contribution < -0.4 is 4.90 Å². The van der Waals surface area contributed by atoms with Crippen molar-refractivity contribution in [3.05, 3.63) is 17.6 Å². The molecular weight excluding hydrogens is 190 g/mol. The lowest BCUT2D eigenvalue weighted by Gasteiger charge is -2.19. The van der Waals surface area contributed by atoms with Gasteiger partial charge < -0.3 is 10.0 Å². The van der Waals surface area contributed by atoms with Gasteiger partial charge in [0, 0.05) is 13.1 Å². The molecule has 1 aromatic rings. The summed E-state index contributed by atoms with van der Waals surface area (Å²) in [5, 5.41) is 9.86. The van der Waals surface area contributed by atoms with Gasteiger partial charge in [0.1, 0.15) is 5.82 Å². The Kier molecular flexibility index (Phi) is 2.38. The van der Waals surface area contributed by atoms with E-state index in [-0.39, 0.29) is 0 Å². The van der Waals surface area contributed by atoms with Crippen LogP contribution >= 0.6 is 0 Å². The van der Waals surface area contributed by atoms with Crippen LogP contribution in [0.1, 0.15) is 24.7 Å². The number of hydrogen-bond acceptors (Lipinski definition) is 4. The summed E-state index contributed by atoms with van der Waals surface area (Å²) in [4.78, 5) is 10.8. The highest BCUT2D eigenvalue weighted by Gasteiger charge is 2.32. The molecule has 1 fully saturated rings. The van der Waals surface area contributed by atoms with E-state index in [0.717, 1.165) is 30.2 Å². The predicted molar refractivity (Wildman–Crippen MR) is 59.0 cm³/mol. The van der Waals surface area contributed by atoms with Gasteiger partial charge in [-0.05, 0) is 27.2 Å². The molecule has 1 aliphatic rings. The number of aryl methyl sites for hydroxylation is 2. The fraction of sp³-hybridized carbons (Fsp3) is 0.636. The Morgan fingerprint density at radius 3 is 2.67 bits per heavy atom. The van der Waals surface area contributed by atoms with Crippen LogP contribution in [0.2, 0.25) is 0 Å². The zero-order chi connectivity index (χ0) is 11.1. The maximum atomic E-state index is 9.86. The lowest BCUT2D eigenvalue weighted by atomic mass is 10.1. The highest BCUT2D eigenvalue weighted by molar-refractivity contribution is 5.39. The van der Waals surface area contributed by atoms with Crippen molar-refractivity contribution in [1.82, 2.24) is 9.97 Å². The maximum absolute atomic E-state index is 9.86. The van der Waals surface area contributed by atoms with Crippen molar-refractivity contribution >= 4 is 5.82 Å². The Hall–Kier alpha value is -1.16. The summed E-state index contributed by atoms with van der Waals surface area (Å²) in [7, 11) is 0. The third-order valence-corrected chi connectivity index (χ3v) is 2.96. The second kappa shape index (κ2) is 3.45. The molecule has 1 N–H and O–H groups in total. The summed E-state index contributed by atoms with van der Waals surface area (Å²) >= 11 is 0. The Bertz CT molecular complexity index is 376. The minimum Gasteiger partial charge on any atom is -0.388 e. The summed E-state index contributed by atoms with van der Waals surface area (Å²) in [5.41, 5.74) is 1.34. The van der Waals surface area contributed by atoms with E-state index in [1.807, 2.05) is 20.8 Å². The number of nitrogens with zero attached hydrogens (tertiary/aromatic N) is 3. The van der Waals surface area contributed by atoms with E-state index < -0.39 is 5.60 Å². The minimum atomic E-state index is -0.583. The van der Waals surface area contributed by atoms with Gasteiger partial charge in [-0.3, -0.25) is 4.98 Å². The van der Waals surface area contributed by atoms with Gasteiger partial charge in [0.05, 0.1) is 23.2 Å². The summed E-state index contributed by atoms with van der Waals surface area (Å²) in [6.07, 6.45) is 2.57. The van der Waals surface area contributed by atoms with Crippen molar-refractivity contribution in [3.63, 3.8) is 0 Å². The molecule has 1 unspecified atom stereocenters. The molecule has 1 aromatic heterocycles. The normalized spacial score (nSPS) is 26.0. The molecule has 1 aliphatic heterocycles. The number of rotatable bonds is 1. The molecule has 82 valence electrons. The first-order valence-corrected chi connectivity index (χ1v) is 5.25. The topological polar surface area (TPSA) is 49.2 Å². The lowest BCUT2D eigenvalue weighted by molar-refractivity contribution is 0.0839. The van der Waals surface area contributed by atoms with E-state index in [4.69, 9.17) is 0 Å². The van der Waals surface area contributed by atoms with Crippen LogP contribution in [0.4, 0.5) is 5.82 Å². The molecule has 2 heterocycles. The second-order valence-corrected chi connectivity index (χ2v) is 4.57. The number of aromatic nitrogens is 2. The van der Waals surface area contributed by atoms with Crippen LogP contribution in [0, 0.1) is 13.8 Å². The lowest BCUT2D eigenvalue weighted by Crippen LogP contribution is -2.30. The average Bonchev–Trinajstić information content (AvgIpc) is 2.51. The Morgan fingerprint density at radius 2 is 2.13 bits per heavy atom. The van der Waals surface area contributed by atoms with E-state index in [9.17, 15) is 5.11 Å². The number of hydrogen-bond donors (Lipinski definition) is 1. The average molecular weight is 207 g/mol. The molecule has 2 rings (SSSR count). The first kappa shape index (κ1) is 10.4. The molecule has 0 aromatic carbocycles. The molecule has 1 atom stereocenters. The largest absolute Gasteiger partial charge is 0.388 e. The third-order valence-electron chi connectivity index (χ3n) is 2.96. The molecule has 0 bridgehead atoms. The monoisotopic (exact) mass is 207 g/mol. The van der Waals surface area contributed by atoms with Crippen LogP contribution in [0.25, 0.3) is 0 Å². The van der Waals surface area contributed by atoms with Gasteiger partial charge in [-0.1, -0.05) is 0 Å². The first-order valence-electron chi connectivity index (χ1n) is 5.25. The second-order valence-electron chi connectivity index (χ2n) is 4.57. The Balaban J connectivity index is 2.21. The Morgan fingerprint density at radius 1 is 1.40 bits per heavy atom. The van der Waals surface area contributed by atoms with Crippen LogP contribution in [0.15, 0.2) is 6.20 Å². The quantitative estimate of drug-likeness (QED) is 0.748. The molecule has 0 amide bonds. The SMILES string of the molecule is Cc1ncc(N2CCC(C)(O)C2)nc1C. The smallest absolute Gasteiger partial charge is 0.147 e. The van der Waals surface area contributed by atoms with Gasteiger partial charge in [-0.2, -0.15) is 0 Å². The fourth-order valence-electron chi connectivity index (χ4n) is 1.82. The van der Waals surface area contributed by atoms with Crippen molar-refractivity contribution in [2.45, 2.75) is 32.8 Å². The van der Waals surface area contributed by atoms with Crippen LogP contribution in [-0.4, -0.2) is 33.8 Å². The zero-order valence-electron chi connectivity index (χ0n) is 9.49. The van der Waals surface area contributed by atoms with E-state index >= 15 is 0 Å². The highest BCUT2D eigenvalue weighted by Crippen LogP contribution is 2.24. The van der Waals surface area contributed by atoms with Crippen molar-refractivity contribution in [3.8, 4) is 0 Å². The molecule has 4 heteroatoms. The summed E-state index contributed by atoms with van der Waals surface area (Å²) in [6, 6.07) is 0.